The van der Waals surface area contributed by atoms with E-state index in [9.17, 15) is 53.3 Å². The van der Waals surface area contributed by atoms with Crippen LogP contribution in [0.15, 0.2) is 107 Å². The number of nitrogens with zero attached hydrogens (tertiary/aromatic N) is 4. The van der Waals surface area contributed by atoms with Gasteiger partial charge in [0.1, 0.15) is 6.20 Å². The molecule has 70 heavy (non-hydrogen) atoms. The molecule has 2 amide bonds. The number of aromatic nitrogens is 1. The first-order chi connectivity index (χ1) is 32.7. The molecule has 3 aliphatic rings. The number of unbranched alkanes of at least 4 members (excludes halogenated alkanes) is 2. The van der Waals surface area contributed by atoms with Crippen molar-refractivity contribution in [3.63, 3.8) is 0 Å². The van der Waals surface area contributed by atoms with Gasteiger partial charge in [0.05, 0.1) is 45.4 Å². The highest BCUT2D eigenvalue weighted by Crippen LogP contribution is 2.51. The SMILES string of the molecule is CC1(C)C(C=CC(=CC=C2N(CCCCS(=O)(=O)O)c3ccc4ccc(S(=O)(=O)O)cc4c3C2(C)C)c2cccc(CCC(=O)ON3C(=O)CCC3=O)c2)=Nc2c1cc(Cl)c[n+]2CCCCS(=O)(=O)O. The van der Waals surface area contributed by atoms with Gasteiger partial charge in [0.2, 0.25) is 0 Å². The van der Waals surface area contributed by atoms with Gasteiger partial charge in [-0.05, 0) is 120 Å². The first-order valence-corrected chi connectivity index (χ1v) is 27.6. The second-order valence-electron chi connectivity index (χ2n) is 18.5. The molecule has 1 saturated heterocycles. The normalized spacial score (nSPS) is 17.5. The zero-order chi connectivity index (χ0) is 51.0. The number of carbonyl (C=O) groups excluding carboxylic acids is 3. The molecule has 3 aliphatic heterocycles. The van der Waals surface area contributed by atoms with E-state index in [1.54, 1.807) is 12.3 Å². The number of benzene rings is 3. The number of imide groups is 1. The van der Waals surface area contributed by atoms with Crippen LogP contribution >= 0.6 is 11.6 Å². The van der Waals surface area contributed by atoms with E-state index < -0.39 is 64.7 Å². The minimum atomic E-state index is -4.56. The Hall–Kier alpha value is -5.61. The number of halogens is 1. The Bertz CT molecular complexity index is 3260. The molecule has 372 valence electrons. The Morgan fingerprint density at radius 2 is 1.53 bits per heavy atom. The van der Waals surface area contributed by atoms with Gasteiger partial charge < -0.3 is 9.74 Å². The number of carbonyl (C=O) groups is 3. The minimum Gasteiger partial charge on any atom is -0.344 e. The van der Waals surface area contributed by atoms with Crippen LogP contribution in [0.4, 0.5) is 11.5 Å². The quantitative estimate of drug-likeness (QED) is 0.0269. The van der Waals surface area contributed by atoms with Gasteiger partial charge in [0.25, 0.3) is 42.2 Å². The average molecular weight is 1040 g/mol. The molecule has 21 heteroatoms. The predicted octanol–water partition coefficient (Wildman–Crippen LogP) is 7.59. The molecule has 17 nitrogen and oxygen atoms in total. The van der Waals surface area contributed by atoms with E-state index >= 15 is 0 Å². The average Bonchev–Trinajstić information content (AvgIpc) is 3.81. The Kier molecular flexibility index (Phi) is 15.1. The number of rotatable bonds is 19. The van der Waals surface area contributed by atoms with Crippen molar-refractivity contribution in [1.82, 2.24) is 5.06 Å². The summed E-state index contributed by atoms with van der Waals surface area (Å²) < 4.78 is 102. The third kappa shape index (κ3) is 11.9. The van der Waals surface area contributed by atoms with E-state index in [-0.39, 0.29) is 49.2 Å². The van der Waals surface area contributed by atoms with Crippen LogP contribution in [0.1, 0.15) is 94.9 Å². The van der Waals surface area contributed by atoms with E-state index in [0.29, 0.717) is 58.5 Å². The molecular formula is C49H54ClN4O13S3+. The largest absolute Gasteiger partial charge is 0.344 e. The van der Waals surface area contributed by atoms with Crippen molar-refractivity contribution in [3.8, 4) is 0 Å². The number of aryl methyl sites for hydroxylation is 2. The summed E-state index contributed by atoms with van der Waals surface area (Å²) in [6.07, 6.45) is 10.5. The lowest BCUT2D eigenvalue weighted by Gasteiger charge is -2.27. The van der Waals surface area contributed by atoms with Gasteiger partial charge in [-0.15, -0.1) is 5.06 Å². The van der Waals surface area contributed by atoms with E-state index in [4.69, 9.17) is 21.4 Å². The highest BCUT2D eigenvalue weighted by Gasteiger charge is 2.43. The van der Waals surface area contributed by atoms with Crippen molar-refractivity contribution >= 4 is 93.3 Å². The molecule has 3 aromatic carbocycles. The molecule has 4 heterocycles. The molecule has 7 rings (SSSR count). The van der Waals surface area contributed by atoms with Gasteiger partial charge in [-0.3, -0.25) is 23.2 Å². The first-order valence-electron chi connectivity index (χ1n) is 22.5. The number of allylic oxidation sites excluding steroid dienone is 6. The monoisotopic (exact) mass is 1040 g/mol. The molecule has 0 bridgehead atoms. The lowest BCUT2D eigenvalue weighted by molar-refractivity contribution is -0.684. The summed E-state index contributed by atoms with van der Waals surface area (Å²) in [5.41, 5.74) is 4.49. The second kappa shape index (κ2) is 20.2. The van der Waals surface area contributed by atoms with Crippen LogP contribution < -0.4 is 9.47 Å². The number of aliphatic imine (C=N–C) groups is 1. The van der Waals surface area contributed by atoms with Crippen LogP contribution in [-0.2, 0) is 73.4 Å². The maximum absolute atomic E-state index is 12.8. The van der Waals surface area contributed by atoms with Crippen molar-refractivity contribution in [2.24, 2.45) is 4.99 Å². The van der Waals surface area contributed by atoms with Crippen LogP contribution in [0.5, 0.6) is 0 Å². The fourth-order valence-corrected chi connectivity index (χ4v) is 11.0. The molecular weight excluding hydrogens is 984 g/mol. The molecule has 0 aliphatic carbocycles. The van der Waals surface area contributed by atoms with Crippen molar-refractivity contribution in [3.05, 3.63) is 124 Å². The van der Waals surface area contributed by atoms with Gasteiger partial charge in [-0.25, -0.2) is 9.36 Å². The highest BCUT2D eigenvalue weighted by atomic mass is 35.5. The molecule has 0 spiro atoms. The van der Waals surface area contributed by atoms with Gasteiger partial charge in [-0.2, -0.15) is 25.3 Å². The van der Waals surface area contributed by atoms with Gasteiger partial charge >= 0.3 is 11.8 Å². The number of pyridine rings is 1. The number of amides is 2. The highest BCUT2D eigenvalue weighted by molar-refractivity contribution is 7.86. The molecule has 3 N–H and O–H groups in total. The summed E-state index contributed by atoms with van der Waals surface area (Å²) >= 11 is 6.62. The minimum absolute atomic E-state index is 0.0310. The van der Waals surface area contributed by atoms with E-state index in [1.165, 1.54) is 12.1 Å². The summed E-state index contributed by atoms with van der Waals surface area (Å²) in [6.45, 7) is 8.68. The Labute approximate surface area is 412 Å². The Morgan fingerprint density at radius 1 is 0.857 bits per heavy atom. The smallest absolute Gasteiger partial charge is 0.333 e. The number of fused-ring (bicyclic) bond motifs is 4. The molecule has 0 radical (unpaired) electrons. The maximum Gasteiger partial charge on any atom is 0.333 e. The lowest BCUT2D eigenvalue weighted by atomic mass is 9.81. The number of hydrogen-bond acceptors (Lipinski definition) is 12. The number of anilines is 1. The molecule has 4 aromatic rings. The van der Waals surface area contributed by atoms with Crippen LogP contribution in [-0.4, -0.2) is 85.5 Å². The fraction of sp³-hybridized carbons (Fsp3) is 0.367. The Balaban J connectivity index is 1.31. The summed E-state index contributed by atoms with van der Waals surface area (Å²) in [6, 6.07) is 17.4. The molecule has 1 fully saturated rings. The van der Waals surface area contributed by atoms with E-state index in [2.05, 4.69) is 0 Å². The fourth-order valence-electron chi connectivity index (χ4n) is 9.13. The van der Waals surface area contributed by atoms with Crippen molar-refractivity contribution in [2.75, 3.05) is 23.0 Å². The summed E-state index contributed by atoms with van der Waals surface area (Å²) in [4.78, 5) is 48.9. The zero-order valence-corrected chi connectivity index (χ0v) is 42.2. The standard InChI is InChI=1S/C49H53ClN4O13S3/c1-48(2)39-29-36(50)31-52(24-5-7-26-68(58,59)60)47(39)51-41(48)19-15-33(35-11-9-10-32(28-35)12-23-45(57)67-54-43(55)21-22-44(54)56)16-20-42-49(3,4)46-38-30-37(70(64,65)66)17-13-34(38)14-18-40(46)53(42)25-6-8-27-69(61,62)63/h9-11,13-20,28-31H,5-8,12,21-27H2,1-4H3,(H2-,58,59,60,61,62,63,64,65,66)/p+1. The summed E-state index contributed by atoms with van der Waals surface area (Å²) in [7, 11) is -12.9. The van der Waals surface area contributed by atoms with Crippen molar-refractivity contribution < 1.29 is 62.7 Å². The van der Waals surface area contributed by atoms with Gasteiger partial charge in [0, 0.05) is 36.2 Å². The molecule has 0 saturated carbocycles. The summed E-state index contributed by atoms with van der Waals surface area (Å²) in [5, 5.41) is 2.29. The lowest BCUT2D eigenvalue weighted by Crippen LogP contribution is -2.35. The maximum atomic E-state index is 12.8. The molecule has 0 atom stereocenters. The van der Waals surface area contributed by atoms with E-state index in [0.717, 1.165) is 39.0 Å². The van der Waals surface area contributed by atoms with Crippen molar-refractivity contribution in [2.45, 2.75) is 101 Å². The number of hydrogen-bond donors (Lipinski definition) is 3. The third-order valence-corrected chi connectivity index (χ3v) is 15.4. The topological polar surface area (TPSA) is 246 Å². The summed E-state index contributed by atoms with van der Waals surface area (Å²) in [5.74, 6) is -2.08. The van der Waals surface area contributed by atoms with Crippen LogP contribution in [0, 0.1) is 0 Å². The molecule has 1 aromatic heterocycles. The van der Waals surface area contributed by atoms with Crippen LogP contribution in [0.2, 0.25) is 5.02 Å². The van der Waals surface area contributed by atoms with Gasteiger partial charge in [-0.1, -0.05) is 74.0 Å². The first kappa shape index (κ1) is 52.2. The third-order valence-electron chi connectivity index (χ3n) is 12.7. The predicted molar refractivity (Wildman–Crippen MR) is 264 cm³/mol. The van der Waals surface area contributed by atoms with Crippen LogP contribution in [0.25, 0.3) is 16.3 Å². The molecule has 0 unspecified atom stereocenters. The zero-order valence-electron chi connectivity index (χ0n) is 39.0. The second-order valence-corrected chi connectivity index (χ2v) is 23.5. The van der Waals surface area contributed by atoms with Gasteiger partial charge in [0.15, 0.2) is 5.71 Å². The van der Waals surface area contributed by atoms with Crippen molar-refractivity contribution in [1.29, 1.82) is 0 Å². The number of hydroxylamine groups is 2. The Morgan fingerprint density at radius 3 is 2.20 bits per heavy atom. The van der Waals surface area contributed by atoms with Crippen LogP contribution in [0.3, 0.4) is 0 Å². The van der Waals surface area contributed by atoms with E-state index in [1.807, 2.05) is 104 Å².